The van der Waals surface area contributed by atoms with Crippen LogP contribution in [0.1, 0.15) is 43.4 Å². The van der Waals surface area contributed by atoms with E-state index in [1.54, 1.807) is 0 Å². The Balaban J connectivity index is 2.75. The van der Waals surface area contributed by atoms with Crippen LogP contribution in [0.3, 0.4) is 0 Å². The van der Waals surface area contributed by atoms with Crippen molar-refractivity contribution >= 4 is 15.9 Å². The summed E-state index contributed by atoms with van der Waals surface area (Å²) in [6, 6.07) is 5.73. The van der Waals surface area contributed by atoms with Crippen molar-refractivity contribution in [1.29, 1.82) is 0 Å². The molecule has 1 aromatic rings. The van der Waals surface area contributed by atoms with Gasteiger partial charge in [-0.3, -0.25) is 0 Å². The van der Waals surface area contributed by atoms with E-state index >= 15 is 0 Å². The fourth-order valence-electron chi connectivity index (χ4n) is 1.70. The number of rotatable bonds is 5. The van der Waals surface area contributed by atoms with Gasteiger partial charge in [0.2, 0.25) is 0 Å². The Morgan fingerprint density at radius 1 is 1.44 bits per heavy atom. The maximum Gasteiger partial charge on any atom is 0.0733 e. The molecular weight excluding hydrogens is 266 g/mol. The van der Waals surface area contributed by atoms with Gasteiger partial charge < -0.3 is 10.8 Å². The van der Waals surface area contributed by atoms with Crippen molar-refractivity contribution in [2.24, 2.45) is 5.73 Å². The van der Waals surface area contributed by atoms with E-state index < -0.39 is 6.10 Å². The number of benzene rings is 1. The van der Waals surface area contributed by atoms with Gasteiger partial charge in [-0.25, -0.2) is 0 Å². The lowest BCUT2D eigenvalue weighted by Gasteiger charge is -2.20. The van der Waals surface area contributed by atoms with Crippen molar-refractivity contribution in [3.63, 3.8) is 0 Å². The molecule has 0 unspecified atom stereocenters. The zero-order valence-corrected chi connectivity index (χ0v) is 11.5. The van der Waals surface area contributed by atoms with Gasteiger partial charge >= 0.3 is 0 Å². The highest BCUT2D eigenvalue weighted by atomic mass is 79.9. The molecule has 0 radical (unpaired) electrons. The van der Waals surface area contributed by atoms with Crippen LogP contribution in [-0.2, 0) is 0 Å². The Morgan fingerprint density at radius 2 is 2.12 bits per heavy atom. The van der Waals surface area contributed by atoms with E-state index in [0.717, 1.165) is 29.3 Å². The van der Waals surface area contributed by atoms with Gasteiger partial charge in [-0.2, -0.15) is 0 Å². The minimum absolute atomic E-state index is 0.304. The molecule has 0 aromatic heterocycles. The Labute approximate surface area is 106 Å². The molecule has 16 heavy (non-hydrogen) atoms. The molecule has 1 aromatic carbocycles. The molecule has 2 atom stereocenters. The molecular formula is C13H20BrNO. The van der Waals surface area contributed by atoms with Crippen LogP contribution in [-0.4, -0.2) is 11.2 Å². The number of hydrogen-bond donors (Lipinski definition) is 2. The molecule has 0 saturated carbocycles. The first-order valence-electron chi connectivity index (χ1n) is 5.76. The third kappa shape index (κ3) is 3.58. The molecule has 0 aliphatic heterocycles. The Bertz CT molecular complexity index is 341. The first-order chi connectivity index (χ1) is 7.56. The lowest BCUT2D eigenvalue weighted by atomic mass is 9.98. The summed E-state index contributed by atoms with van der Waals surface area (Å²) in [7, 11) is 0. The van der Waals surface area contributed by atoms with Gasteiger partial charge in [0.15, 0.2) is 0 Å². The molecule has 0 saturated heterocycles. The maximum absolute atomic E-state index is 9.95. The summed E-state index contributed by atoms with van der Waals surface area (Å²) < 4.78 is 0.982. The molecule has 1 rings (SSSR count). The number of nitrogens with two attached hydrogens (primary N) is 1. The smallest absolute Gasteiger partial charge is 0.0733 e. The number of aryl methyl sites for hydroxylation is 1. The Kier molecular flexibility index (Phi) is 5.46. The Morgan fingerprint density at radius 3 is 2.69 bits per heavy atom. The molecule has 3 heteroatoms. The molecule has 0 spiro atoms. The minimum Gasteiger partial charge on any atom is -0.391 e. The highest BCUT2D eigenvalue weighted by molar-refractivity contribution is 9.10. The van der Waals surface area contributed by atoms with Crippen LogP contribution in [0.5, 0.6) is 0 Å². The van der Waals surface area contributed by atoms with Gasteiger partial charge in [0.25, 0.3) is 0 Å². The van der Waals surface area contributed by atoms with Crippen LogP contribution in [0, 0.1) is 6.92 Å². The van der Waals surface area contributed by atoms with Crippen LogP contribution in [0.25, 0.3) is 0 Å². The molecule has 0 amide bonds. The Hall–Kier alpha value is -0.380. The van der Waals surface area contributed by atoms with Gasteiger partial charge in [-0.05, 0) is 30.5 Å². The van der Waals surface area contributed by atoms with E-state index in [-0.39, 0.29) is 6.04 Å². The van der Waals surface area contributed by atoms with Crippen molar-refractivity contribution in [2.75, 3.05) is 0 Å². The van der Waals surface area contributed by atoms with Crippen molar-refractivity contribution in [2.45, 2.75) is 45.3 Å². The second-order valence-corrected chi connectivity index (χ2v) is 5.11. The third-order valence-corrected chi connectivity index (χ3v) is 3.47. The van der Waals surface area contributed by atoms with Crippen molar-refractivity contribution < 1.29 is 5.11 Å². The predicted octanol–water partition coefficient (Wildman–Crippen LogP) is 3.31. The van der Waals surface area contributed by atoms with Crippen LogP contribution < -0.4 is 5.73 Å². The number of hydrogen-bond acceptors (Lipinski definition) is 2. The summed E-state index contributed by atoms with van der Waals surface area (Å²) in [5.41, 5.74) is 8.22. The predicted molar refractivity (Wildman–Crippen MR) is 71.3 cm³/mol. The second-order valence-electron chi connectivity index (χ2n) is 4.26. The molecule has 0 fully saturated rings. The van der Waals surface area contributed by atoms with Gasteiger partial charge in [0, 0.05) is 4.47 Å². The lowest BCUT2D eigenvalue weighted by Crippen LogP contribution is -2.26. The highest BCUT2D eigenvalue weighted by Gasteiger charge is 2.18. The van der Waals surface area contributed by atoms with Gasteiger partial charge in [-0.1, -0.05) is 47.8 Å². The highest BCUT2D eigenvalue weighted by Crippen LogP contribution is 2.26. The number of aliphatic hydroxyl groups is 1. The average molecular weight is 286 g/mol. The second kappa shape index (κ2) is 6.38. The molecule has 0 bridgehead atoms. The molecule has 3 N–H and O–H groups in total. The standard InChI is InChI=1S/C13H20BrNO/c1-3-4-5-12(16)13(15)10-7-6-9(2)8-11(10)14/h6-8,12-13,16H,3-5,15H2,1-2H3/t12-,13+/m0/s1. The van der Waals surface area contributed by atoms with E-state index in [9.17, 15) is 5.11 Å². The monoisotopic (exact) mass is 285 g/mol. The van der Waals surface area contributed by atoms with Gasteiger partial charge in [0.05, 0.1) is 12.1 Å². The SMILES string of the molecule is CCCC[C@H](O)[C@H](N)c1ccc(C)cc1Br. The van der Waals surface area contributed by atoms with Crippen LogP contribution in [0.4, 0.5) is 0 Å². The molecule has 0 heterocycles. The van der Waals surface area contributed by atoms with Crippen molar-refractivity contribution in [1.82, 2.24) is 0 Å². The maximum atomic E-state index is 9.95. The zero-order chi connectivity index (χ0) is 12.1. The van der Waals surface area contributed by atoms with Crippen LogP contribution >= 0.6 is 15.9 Å². The van der Waals surface area contributed by atoms with Crippen molar-refractivity contribution in [3.8, 4) is 0 Å². The van der Waals surface area contributed by atoms with E-state index in [1.165, 1.54) is 5.56 Å². The number of halogens is 1. The minimum atomic E-state index is -0.459. The first kappa shape index (κ1) is 13.7. The summed E-state index contributed by atoms with van der Waals surface area (Å²) in [5, 5.41) is 9.95. The largest absolute Gasteiger partial charge is 0.391 e. The lowest BCUT2D eigenvalue weighted by molar-refractivity contribution is 0.132. The number of aliphatic hydroxyl groups excluding tert-OH is 1. The fraction of sp³-hybridized carbons (Fsp3) is 0.538. The van der Waals surface area contributed by atoms with Gasteiger partial charge in [-0.15, -0.1) is 0 Å². The van der Waals surface area contributed by atoms with Crippen molar-refractivity contribution in [3.05, 3.63) is 33.8 Å². The third-order valence-electron chi connectivity index (χ3n) is 2.78. The van der Waals surface area contributed by atoms with E-state index in [0.29, 0.717) is 0 Å². The number of unbranched alkanes of at least 4 members (excludes halogenated alkanes) is 1. The summed E-state index contributed by atoms with van der Waals surface area (Å²) in [5.74, 6) is 0. The van der Waals surface area contributed by atoms with Gasteiger partial charge in [0.1, 0.15) is 0 Å². The fourth-order valence-corrected chi connectivity index (χ4v) is 2.46. The molecule has 2 nitrogen and oxygen atoms in total. The summed E-state index contributed by atoms with van der Waals surface area (Å²) >= 11 is 3.49. The van der Waals surface area contributed by atoms with E-state index in [1.807, 2.05) is 25.1 Å². The van der Waals surface area contributed by atoms with Crippen LogP contribution in [0.2, 0.25) is 0 Å². The summed E-state index contributed by atoms with van der Waals surface area (Å²) in [6.45, 7) is 4.15. The first-order valence-corrected chi connectivity index (χ1v) is 6.55. The average Bonchev–Trinajstić information content (AvgIpc) is 2.25. The normalized spacial score (nSPS) is 14.8. The summed E-state index contributed by atoms with van der Waals surface area (Å²) in [4.78, 5) is 0. The molecule has 0 aliphatic rings. The quantitative estimate of drug-likeness (QED) is 0.872. The summed E-state index contributed by atoms with van der Waals surface area (Å²) in [6.07, 6.45) is 2.40. The zero-order valence-electron chi connectivity index (χ0n) is 9.91. The van der Waals surface area contributed by atoms with E-state index in [4.69, 9.17) is 5.73 Å². The topological polar surface area (TPSA) is 46.2 Å². The van der Waals surface area contributed by atoms with Crippen LogP contribution in [0.15, 0.2) is 22.7 Å². The molecule has 0 aliphatic carbocycles. The van der Waals surface area contributed by atoms with E-state index in [2.05, 4.69) is 22.9 Å². The molecule has 90 valence electrons.